The molecule has 4 nitrogen and oxygen atoms in total. The smallest absolute Gasteiger partial charge is 0.263 e. The number of rotatable bonds is 7. The Morgan fingerprint density at radius 3 is 2.16 bits per heavy atom. The molecule has 2 rings (SSSR count). The molecule has 0 radical (unpaired) electrons. The molecular formula is C21H27NO3. The van der Waals surface area contributed by atoms with E-state index in [1.807, 2.05) is 57.2 Å². The first kappa shape index (κ1) is 18.8. The molecule has 1 amide bonds. The van der Waals surface area contributed by atoms with Gasteiger partial charge < -0.3 is 14.4 Å². The number of likely N-dealkylation sites (N-methyl/N-ethyl adjacent to an activating group) is 1. The zero-order valence-corrected chi connectivity index (χ0v) is 15.7. The molecule has 0 aliphatic heterocycles. The summed E-state index contributed by atoms with van der Waals surface area (Å²) < 4.78 is 11.1. The minimum Gasteiger partial charge on any atom is -0.497 e. The number of nitrogens with zero attached hydrogens (tertiary/aromatic N) is 1. The lowest BCUT2D eigenvalue weighted by Gasteiger charge is -2.24. The van der Waals surface area contributed by atoms with Crippen LogP contribution >= 0.6 is 0 Å². The van der Waals surface area contributed by atoms with Gasteiger partial charge in [0.05, 0.1) is 7.11 Å². The lowest BCUT2D eigenvalue weighted by atomic mass is 10.1. The van der Waals surface area contributed by atoms with Crippen LogP contribution in [0.25, 0.3) is 0 Å². The summed E-state index contributed by atoms with van der Waals surface area (Å²) in [6, 6.07) is 13.8. The maximum Gasteiger partial charge on any atom is 0.263 e. The summed E-state index contributed by atoms with van der Waals surface area (Å²) in [5.74, 6) is 1.54. The molecule has 4 heteroatoms. The van der Waals surface area contributed by atoms with Crippen molar-refractivity contribution < 1.29 is 14.3 Å². The summed E-state index contributed by atoms with van der Waals surface area (Å²) >= 11 is 0. The summed E-state index contributed by atoms with van der Waals surface area (Å²) in [5.41, 5.74) is 3.31. The largest absolute Gasteiger partial charge is 0.497 e. The van der Waals surface area contributed by atoms with Crippen molar-refractivity contribution in [2.75, 3.05) is 14.2 Å². The Balaban J connectivity index is 2.04. The molecule has 134 valence electrons. The van der Waals surface area contributed by atoms with E-state index in [4.69, 9.17) is 9.47 Å². The van der Waals surface area contributed by atoms with Gasteiger partial charge in [0, 0.05) is 13.6 Å². The number of benzene rings is 2. The van der Waals surface area contributed by atoms with Gasteiger partial charge in [-0.2, -0.15) is 0 Å². The number of carbonyl (C=O) groups is 1. The fraction of sp³-hybridized carbons (Fsp3) is 0.381. The Morgan fingerprint density at radius 2 is 1.64 bits per heavy atom. The monoisotopic (exact) mass is 341 g/mol. The second-order valence-electron chi connectivity index (χ2n) is 6.38. The maximum absolute atomic E-state index is 12.8. The van der Waals surface area contributed by atoms with Crippen molar-refractivity contribution in [1.29, 1.82) is 0 Å². The first-order valence-electron chi connectivity index (χ1n) is 8.55. The zero-order chi connectivity index (χ0) is 18.4. The number of methoxy groups -OCH3 is 1. The molecule has 0 aliphatic rings. The molecule has 2 aromatic carbocycles. The van der Waals surface area contributed by atoms with Crippen LogP contribution in [0.3, 0.4) is 0 Å². The predicted molar refractivity (Wildman–Crippen MR) is 100 cm³/mol. The van der Waals surface area contributed by atoms with Crippen molar-refractivity contribution in [3.63, 3.8) is 0 Å². The minimum atomic E-state index is -0.482. The molecule has 1 atom stereocenters. The fourth-order valence-electron chi connectivity index (χ4n) is 2.80. The van der Waals surface area contributed by atoms with Crippen molar-refractivity contribution in [3.05, 3.63) is 59.2 Å². The Kier molecular flexibility index (Phi) is 6.45. The standard InChI is InChI=1S/C21H27NO3/c1-6-20(25-19-12-15(2)11-16(3)13-19)21(23)22(4)14-17-7-9-18(24-5)10-8-17/h7-13,20H,6,14H2,1-5H3. The summed E-state index contributed by atoms with van der Waals surface area (Å²) in [5, 5.41) is 0. The van der Waals surface area contributed by atoms with Crippen LogP contribution in [0.15, 0.2) is 42.5 Å². The van der Waals surface area contributed by atoms with Gasteiger partial charge >= 0.3 is 0 Å². The maximum atomic E-state index is 12.8. The van der Waals surface area contributed by atoms with Crippen LogP contribution in [0.4, 0.5) is 0 Å². The molecule has 2 aromatic rings. The first-order chi connectivity index (χ1) is 11.9. The quantitative estimate of drug-likeness (QED) is 0.760. The second-order valence-corrected chi connectivity index (χ2v) is 6.38. The summed E-state index contributed by atoms with van der Waals surface area (Å²) in [6.45, 7) is 6.55. The van der Waals surface area contributed by atoms with Crippen molar-refractivity contribution in [1.82, 2.24) is 4.90 Å². The number of aryl methyl sites for hydroxylation is 2. The van der Waals surface area contributed by atoms with Gasteiger partial charge in [-0.15, -0.1) is 0 Å². The van der Waals surface area contributed by atoms with Gasteiger partial charge in [0.25, 0.3) is 5.91 Å². The molecule has 0 saturated heterocycles. The average Bonchev–Trinajstić information content (AvgIpc) is 2.58. The lowest BCUT2D eigenvalue weighted by Crippen LogP contribution is -2.39. The molecule has 0 fully saturated rings. The van der Waals surface area contributed by atoms with Gasteiger partial charge in [-0.1, -0.05) is 25.1 Å². The van der Waals surface area contributed by atoms with Crippen LogP contribution < -0.4 is 9.47 Å². The molecule has 0 aromatic heterocycles. The van der Waals surface area contributed by atoms with E-state index in [2.05, 4.69) is 6.07 Å². The summed E-state index contributed by atoms with van der Waals surface area (Å²) in [4.78, 5) is 14.5. The summed E-state index contributed by atoms with van der Waals surface area (Å²) in [6.07, 6.45) is 0.142. The number of hydrogen-bond donors (Lipinski definition) is 0. The van der Waals surface area contributed by atoms with E-state index in [-0.39, 0.29) is 5.91 Å². The highest BCUT2D eigenvalue weighted by Crippen LogP contribution is 2.20. The molecule has 1 unspecified atom stereocenters. The SMILES string of the molecule is CCC(Oc1cc(C)cc(C)c1)C(=O)N(C)Cc1ccc(OC)cc1. The van der Waals surface area contributed by atoms with Crippen LogP contribution in [-0.2, 0) is 11.3 Å². The highest BCUT2D eigenvalue weighted by Gasteiger charge is 2.22. The van der Waals surface area contributed by atoms with E-state index < -0.39 is 6.10 Å². The van der Waals surface area contributed by atoms with E-state index in [1.54, 1.807) is 19.1 Å². The van der Waals surface area contributed by atoms with Crippen LogP contribution in [0.2, 0.25) is 0 Å². The number of ether oxygens (including phenoxy) is 2. The normalized spacial score (nSPS) is 11.7. The molecule has 0 aliphatic carbocycles. The Hall–Kier alpha value is -2.49. The number of amides is 1. The fourth-order valence-corrected chi connectivity index (χ4v) is 2.80. The molecule has 0 bridgehead atoms. The Bertz CT molecular complexity index is 689. The van der Waals surface area contributed by atoms with Crippen molar-refractivity contribution >= 4 is 5.91 Å². The molecule has 0 N–H and O–H groups in total. The van der Waals surface area contributed by atoms with E-state index in [9.17, 15) is 4.79 Å². The third kappa shape index (κ3) is 5.24. The average molecular weight is 341 g/mol. The van der Waals surface area contributed by atoms with Gasteiger partial charge in [-0.3, -0.25) is 4.79 Å². The minimum absolute atomic E-state index is 0.0162. The zero-order valence-electron chi connectivity index (χ0n) is 15.7. The van der Waals surface area contributed by atoms with Crippen LogP contribution in [-0.4, -0.2) is 31.1 Å². The van der Waals surface area contributed by atoms with Gasteiger partial charge in [-0.05, 0) is 61.2 Å². The van der Waals surface area contributed by atoms with Crippen molar-refractivity contribution in [2.24, 2.45) is 0 Å². The van der Waals surface area contributed by atoms with E-state index in [0.29, 0.717) is 13.0 Å². The lowest BCUT2D eigenvalue weighted by molar-refractivity contribution is -0.138. The summed E-state index contributed by atoms with van der Waals surface area (Å²) in [7, 11) is 3.45. The Morgan fingerprint density at radius 1 is 1.04 bits per heavy atom. The number of carbonyl (C=O) groups excluding carboxylic acids is 1. The topological polar surface area (TPSA) is 38.8 Å². The first-order valence-corrected chi connectivity index (χ1v) is 8.55. The van der Waals surface area contributed by atoms with Gasteiger partial charge in [-0.25, -0.2) is 0 Å². The molecule has 0 heterocycles. The predicted octanol–water partition coefficient (Wildman–Crippen LogP) is 4.13. The van der Waals surface area contributed by atoms with Gasteiger partial charge in [0.2, 0.25) is 0 Å². The van der Waals surface area contributed by atoms with Crippen LogP contribution in [0, 0.1) is 13.8 Å². The van der Waals surface area contributed by atoms with Crippen LogP contribution in [0.1, 0.15) is 30.0 Å². The van der Waals surface area contributed by atoms with Gasteiger partial charge in [0.15, 0.2) is 6.10 Å². The highest BCUT2D eigenvalue weighted by atomic mass is 16.5. The molecule has 0 spiro atoms. The second kappa shape index (κ2) is 8.56. The Labute approximate surface area is 150 Å². The van der Waals surface area contributed by atoms with E-state index in [1.165, 1.54) is 0 Å². The highest BCUT2D eigenvalue weighted by molar-refractivity contribution is 5.81. The molecular weight excluding hydrogens is 314 g/mol. The van der Waals surface area contributed by atoms with Crippen molar-refractivity contribution in [2.45, 2.75) is 39.8 Å². The van der Waals surface area contributed by atoms with E-state index in [0.717, 1.165) is 28.2 Å². The molecule has 25 heavy (non-hydrogen) atoms. The number of hydrogen-bond acceptors (Lipinski definition) is 3. The van der Waals surface area contributed by atoms with Crippen molar-refractivity contribution in [3.8, 4) is 11.5 Å². The third-order valence-electron chi connectivity index (χ3n) is 4.07. The third-order valence-corrected chi connectivity index (χ3v) is 4.07. The van der Waals surface area contributed by atoms with E-state index >= 15 is 0 Å². The van der Waals surface area contributed by atoms with Gasteiger partial charge in [0.1, 0.15) is 11.5 Å². The molecule has 0 saturated carbocycles. The van der Waals surface area contributed by atoms with Crippen LogP contribution in [0.5, 0.6) is 11.5 Å².